The topological polar surface area (TPSA) is 43.1 Å². The fourth-order valence-corrected chi connectivity index (χ4v) is 1.16. The van der Waals surface area contributed by atoms with Crippen molar-refractivity contribution >= 4 is 21.6 Å². The summed E-state index contributed by atoms with van der Waals surface area (Å²) >= 11 is 3.16. The smallest absolute Gasteiger partial charge is 0.258 e. The Bertz CT molecular complexity index is 418. The maximum absolute atomic E-state index is 10.6. The van der Waals surface area contributed by atoms with E-state index in [0.29, 0.717) is 16.5 Å². The molecule has 0 fully saturated rings. The summed E-state index contributed by atoms with van der Waals surface area (Å²) < 4.78 is 0. The van der Waals surface area contributed by atoms with Gasteiger partial charge >= 0.3 is 0 Å². The van der Waals surface area contributed by atoms with Crippen molar-refractivity contribution in [2.24, 2.45) is 0 Å². The predicted octanol–water partition coefficient (Wildman–Crippen LogP) is 2.65. The lowest BCUT2D eigenvalue weighted by Gasteiger charge is -1.96. The van der Waals surface area contributed by atoms with E-state index in [1.807, 2.05) is 0 Å². The van der Waals surface area contributed by atoms with E-state index in [1.54, 1.807) is 19.1 Å². The third-order valence-electron chi connectivity index (χ3n) is 1.71. The van der Waals surface area contributed by atoms with Crippen LogP contribution in [0.25, 0.3) is 0 Å². The first-order valence-electron chi connectivity index (χ1n) is 3.95. The van der Waals surface area contributed by atoms with Crippen molar-refractivity contribution in [2.45, 2.75) is 6.92 Å². The molecule has 0 aliphatic carbocycles. The average Bonchev–Trinajstić information content (AvgIpc) is 2.16. The third-order valence-corrected chi connectivity index (χ3v) is 1.99. The Kier molecular flexibility index (Phi) is 3.66. The lowest BCUT2D eigenvalue weighted by Crippen LogP contribution is -1.92. The first-order valence-corrected chi connectivity index (χ1v) is 5.07. The van der Waals surface area contributed by atoms with Crippen molar-refractivity contribution < 1.29 is 4.92 Å². The molecule has 0 aliphatic rings. The summed E-state index contributed by atoms with van der Waals surface area (Å²) in [6.07, 6.45) is 0. The van der Waals surface area contributed by atoms with Gasteiger partial charge < -0.3 is 0 Å². The van der Waals surface area contributed by atoms with Crippen LogP contribution in [0.15, 0.2) is 18.2 Å². The summed E-state index contributed by atoms with van der Waals surface area (Å²) in [5.41, 5.74) is 1.44. The molecule has 0 radical (unpaired) electrons. The number of rotatable bonds is 1. The van der Waals surface area contributed by atoms with Crippen LogP contribution in [0.4, 0.5) is 5.69 Å². The molecule has 1 aromatic rings. The lowest BCUT2D eigenvalue weighted by atomic mass is 10.1. The first-order chi connectivity index (χ1) is 6.65. The van der Waals surface area contributed by atoms with Gasteiger partial charge in [0.05, 0.1) is 10.3 Å². The highest BCUT2D eigenvalue weighted by Crippen LogP contribution is 2.18. The average molecular weight is 254 g/mol. The number of benzene rings is 1. The molecule has 0 heterocycles. The molecule has 4 heteroatoms. The van der Waals surface area contributed by atoms with E-state index in [4.69, 9.17) is 0 Å². The molecule has 3 nitrogen and oxygen atoms in total. The molecule has 0 unspecified atom stereocenters. The van der Waals surface area contributed by atoms with Gasteiger partial charge in [0.1, 0.15) is 0 Å². The molecule has 0 bridgehead atoms. The van der Waals surface area contributed by atoms with E-state index < -0.39 is 4.92 Å². The SMILES string of the molecule is Cc1ccc(C#CCBr)cc1[N+](=O)[O-]. The van der Waals surface area contributed by atoms with Crippen LogP contribution < -0.4 is 0 Å². The van der Waals surface area contributed by atoms with Crippen molar-refractivity contribution in [2.75, 3.05) is 5.33 Å². The molecule has 0 spiro atoms. The molecular formula is C10H8BrNO2. The largest absolute Gasteiger partial charge is 0.273 e. The summed E-state index contributed by atoms with van der Waals surface area (Å²) in [6.45, 7) is 1.71. The Labute approximate surface area is 90.4 Å². The van der Waals surface area contributed by atoms with Gasteiger partial charge in [-0.3, -0.25) is 10.1 Å². The van der Waals surface area contributed by atoms with Crippen molar-refractivity contribution in [3.63, 3.8) is 0 Å². The van der Waals surface area contributed by atoms with Gasteiger partial charge in [-0.1, -0.05) is 33.8 Å². The van der Waals surface area contributed by atoms with Crippen LogP contribution in [-0.2, 0) is 0 Å². The molecule has 0 aliphatic heterocycles. The van der Waals surface area contributed by atoms with E-state index in [1.165, 1.54) is 6.07 Å². The molecule has 0 N–H and O–H groups in total. The summed E-state index contributed by atoms with van der Waals surface area (Å²) in [5, 5.41) is 11.2. The minimum Gasteiger partial charge on any atom is -0.258 e. The predicted molar refractivity (Wildman–Crippen MR) is 58.5 cm³/mol. The van der Waals surface area contributed by atoms with Gasteiger partial charge in [0.25, 0.3) is 5.69 Å². The first kappa shape index (κ1) is 10.7. The maximum Gasteiger partial charge on any atom is 0.273 e. The number of nitrogens with zero attached hydrogens (tertiary/aromatic N) is 1. The van der Waals surface area contributed by atoms with Gasteiger partial charge in [-0.15, -0.1) is 0 Å². The molecule has 0 saturated heterocycles. The molecular weight excluding hydrogens is 246 g/mol. The van der Waals surface area contributed by atoms with Crippen LogP contribution in [0.1, 0.15) is 11.1 Å². The fourth-order valence-electron chi connectivity index (χ4n) is 1.02. The van der Waals surface area contributed by atoms with Gasteiger partial charge in [-0.2, -0.15) is 0 Å². The Morgan fingerprint density at radius 2 is 2.29 bits per heavy atom. The number of hydrogen-bond donors (Lipinski definition) is 0. The zero-order valence-electron chi connectivity index (χ0n) is 7.58. The van der Waals surface area contributed by atoms with Crippen LogP contribution in [-0.4, -0.2) is 10.3 Å². The molecule has 0 amide bonds. The van der Waals surface area contributed by atoms with Crippen molar-refractivity contribution in [1.82, 2.24) is 0 Å². The summed E-state index contributed by atoms with van der Waals surface area (Å²) in [4.78, 5) is 10.2. The van der Waals surface area contributed by atoms with E-state index in [2.05, 4.69) is 27.8 Å². The standard InChI is InChI=1S/C10H8BrNO2/c1-8-4-5-9(3-2-6-11)7-10(8)12(13)14/h4-5,7H,6H2,1H3. The highest BCUT2D eigenvalue weighted by atomic mass is 79.9. The van der Waals surface area contributed by atoms with Crippen LogP contribution in [0, 0.1) is 28.9 Å². The number of halogens is 1. The molecule has 1 aromatic carbocycles. The van der Waals surface area contributed by atoms with Crippen LogP contribution in [0.3, 0.4) is 0 Å². The molecule has 1 rings (SSSR count). The maximum atomic E-state index is 10.6. The molecule has 14 heavy (non-hydrogen) atoms. The van der Waals surface area contributed by atoms with Crippen molar-refractivity contribution in [1.29, 1.82) is 0 Å². The Balaban J connectivity index is 3.13. The normalized spacial score (nSPS) is 9.00. The van der Waals surface area contributed by atoms with Crippen molar-refractivity contribution in [3.8, 4) is 11.8 Å². The molecule has 0 aromatic heterocycles. The van der Waals surface area contributed by atoms with Gasteiger partial charge in [-0.05, 0) is 13.0 Å². The quantitative estimate of drug-likeness (QED) is 0.334. The second-order valence-corrected chi connectivity index (χ2v) is 3.25. The number of hydrogen-bond acceptors (Lipinski definition) is 2. The second-order valence-electron chi connectivity index (χ2n) is 2.69. The lowest BCUT2D eigenvalue weighted by molar-refractivity contribution is -0.385. The summed E-state index contributed by atoms with van der Waals surface area (Å²) in [6, 6.07) is 4.97. The summed E-state index contributed by atoms with van der Waals surface area (Å²) in [5.74, 6) is 5.61. The van der Waals surface area contributed by atoms with Gasteiger partial charge in [-0.25, -0.2) is 0 Å². The van der Waals surface area contributed by atoms with Gasteiger partial charge in [0, 0.05) is 17.2 Å². The Morgan fingerprint density at radius 1 is 1.57 bits per heavy atom. The van der Waals surface area contributed by atoms with Gasteiger partial charge in [0.2, 0.25) is 0 Å². The minimum absolute atomic E-state index is 0.117. The zero-order chi connectivity index (χ0) is 10.6. The summed E-state index contributed by atoms with van der Waals surface area (Å²) in [7, 11) is 0. The van der Waals surface area contributed by atoms with Crippen LogP contribution >= 0.6 is 15.9 Å². The van der Waals surface area contributed by atoms with Crippen LogP contribution in [0.5, 0.6) is 0 Å². The number of nitro groups is 1. The van der Waals surface area contributed by atoms with E-state index in [0.717, 1.165) is 0 Å². The van der Waals surface area contributed by atoms with E-state index in [-0.39, 0.29) is 5.69 Å². The number of aryl methyl sites for hydroxylation is 1. The van der Waals surface area contributed by atoms with Crippen LogP contribution in [0.2, 0.25) is 0 Å². The van der Waals surface area contributed by atoms with E-state index >= 15 is 0 Å². The highest BCUT2D eigenvalue weighted by molar-refractivity contribution is 9.09. The Hall–Kier alpha value is -1.34. The van der Waals surface area contributed by atoms with Crippen molar-refractivity contribution in [3.05, 3.63) is 39.4 Å². The fraction of sp³-hybridized carbons (Fsp3) is 0.200. The number of nitro benzene ring substituents is 1. The monoisotopic (exact) mass is 253 g/mol. The Morgan fingerprint density at radius 3 is 2.86 bits per heavy atom. The number of alkyl halides is 1. The second kappa shape index (κ2) is 4.77. The van der Waals surface area contributed by atoms with Gasteiger partial charge in [0.15, 0.2) is 0 Å². The molecule has 72 valence electrons. The zero-order valence-corrected chi connectivity index (χ0v) is 9.17. The van der Waals surface area contributed by atoms with E-state index in [9.17, 15) is 10.1 Å². The third kappa shape index (κ3) is 2.57. The minimum atomic E-state index is -0.394. The highest BCUT2D eigenvalue weighted by Gasteiger charge is 2.09. The molecule has 0 saturated carbocycles. The molecule has 0 atom stereocenters.